The summed E-state index contributed by atoms with van der Waals surface area (Å²) in [6, 6.07) is 15.9. The molecule has 0 unspecified atom stereocenters. The van der Waals surface area contributed by atoms with E-state index in [1.54, 1.807) is 24.2 Å². The van der Waals surface area contributed by atoms with E-state index < -0.39 is 0 Å². The van der Waals surface area contributed by atoms with E-state index >= 15 is 0 Å². The SMILES string of the molecule is c1ccc(-c2cc(SCCC3OCCO3)cc(-c3ccccn3)n2)nc1. The molecule has 0 atom stereocenters. The normalized spacial score (nSPS) is 14.6. The van der Waals surface area contributed by atoms with Crippen LogP contribution in [0.3, 0.4) is 0 Å². The fourth-order valence-electron chi connectivity index (χ4n) is 2.73. The van der Waals surface area contributed by atoms with Crippen molar-refractivity contribution in [2.45, 2.75) is 17.6 Å². The Kier molecular flexibility index (Phi) is 5.54. The van der Waals surface area contributed by atoms with Crippen molar-refractivity contribution in [2.75, 3.05) is 19.0 Å². The zero-order valence-corrected chi connectivity index (χ0v) is 15.1. The van der Waals surface area contributed by atoms with Gasteiger partial charge in [0.25, 0.3) is 0 Å². The molecule has 0 saturated carbocycles. The van der Waals surface area contributed by atoms with Crippen molar-refractivity contribution in [3.05, 3.63) is 60.9 Å². The predicted octanol–water partition coefficient (Wildman–Crippen LogP) is 4.06. The lowest BCUT2D eigenvalue weighted by Crippen LogP contribution is -2.08. The van der Waals surface area contributed by atoms with Crippen LogP contribution in [0.25, 0.3) is 22.8 Å². The molecule has 0 amide bonds. The van der Waals surface area contributed by atoms with Crippen LogP contribution in [0.5, 0.6) is 0 Å². The zero-order valence-electron chi connectivity index (χ0n) is 14.2. The van der Waals surface area contributed by atoms with Gasteiger partial charge in [0.1, 0.15) is 0 Å². The largest absolute Gasteiger partial charge is 0.350 e. The topological polar surface area (TPSA) is 57.1 Å². The molecule has 0 aromatic carbocycles. The number of aromatic nitrogens is 3. The van der Waals surface area contributed by atoms with Crippen LogP contribution in [-0.2, 0) is 9.47 Å². The van der Waals surface area contributed by atoms with Gasteiger partial charge in [0.15, 0.2) is 6.29 Å². The van der Waals surface area contributed by atoms with Crippen molar-refractivity contribution in [1.29, 1.82) is 0 Å². The van der Waals surface area contributed by atoms with Crippen LogP contribution in [0, 0.1) is 0 Å². The van der Waals surface area contributed by atoms with Crippen LogP contribution >= 0.6 is 11.8 Å². The number of hydrogen-bond donors (Lipinski definition) is 0. The third-order valence-corrected chi connectivity index (χ3v) is 4.98. The highest BCUT2D eigenvalue weighted by atomic mass is 32.2. The second-order valence-electron chi connectivity index (χ2n) is 5.81. The monoisotopic (exact) mass is 365 g/mol. The number of thioether (sulfide) groups is 1. The Bertz CT molecular complexity index is 782. The van der Waals surface area contributed by atoms with Gasteiger partial charge in [-0.25, -0.2) is 4.98 Å². The summed E-state index contributed by atoms with van der Waals surface area (Å²) < 4.78 is 11.0. The molecule has 3 aromatic heterocycles. The van der Waals surface area contributed by atoms with Gasteiger partial charge in [-0.05, 0) is 36.4 Å². The molecular formula is C20H19N3O2S. The quantitative estimate of drug-likeness (QED) is 0.614. The fraction of sp³-hybridized carbons (Fsp3) is 0.250. The first-order valence-corrected chi connectivity index (χ1v) is 9.58. The van der Waals surface area contributed by atoms with Gasteiger partial charge >= 0.3 is 0 Å². The lowest BCUT2D eigenvalue weighted by molar-refractivity contribution is -0.0421. The summed E-state index contributed by atoms with van der Waals surface area (Å²) in [5, 5.41) is 0. The van der Waals surface area contributed by atoms with E-state index in [4.69, 9.17) is 14.5 Å². The number of ether oxygens (including phenoxy) is 2. The maximum Gasteiger partial charge on any atom is 0.158 e. The lowest BCUT2D eigenvalue weighted by atomic mass is 10.2. The summed E-state index contributed by atoms with van der Waals surface area (Å²) in [6.07, 6.45) is 4.36. The number of hydrogen-bond acceptors (Lipinski definition) is 6. The van der Waals surface area contributed by atoms with Gasteiger partial charge in [-0.2, -0.15) is 0 Å². The molecule has 1 aliphatic heterocycles. The van der Waals surface area contributed by atoms with Gasteiger partial charge in [0, 0.05) is 29.5 Å². The van der Waals surface area contributed by atoms with Gasteiger partial charge in [-0.1, -0.05) is 12.1 Å². The Morgan fingerprint density at radius 1 is 0.846 bits per heavy atom. The summed E-state index contributed by atoms with van der Waals surface area (Å²) in [6.45, 7) is 1.39. The molecule has 4 rings (SSSR count). The van der Waals surface area contributed by atoms with Crippen molar-refractivity contribution in [1.82, 2.24) is 15.0 Å². The van der Waals surface area contributed by atoms with Crippen LogP contribution in [0.2, 0.25) is 0 Å². The van der Waals surface area contributed by atoms with Crippen molar-refractivity contribution in [3.8, 4) is 22.8 Å². The van der Waals surface area contributed by atoms with Crippen LogP contribution in [0.1, 0.15) is 6.42 Å². The molecule has 5 nitrogen and oxygen atoms in total. The Morgan fingerprint density at radius 2 is 1.46 bits per heavy atom. The van der Waals surface area contributed by atoms with E-state index in [-0.39, 0.29) is 6.29 Å². The Hall–Kier alpha value is -2.28. The molecular weight excluding hydrogens is 346 g/mol. The molecule has 0 spiro atoms. The minimum atomic E-state index is -0.0742. The smallest absolute Gasteiger partial charge is 0.158 e. The van der Waals surface area contributed by atoms with Gasteiger partial charge in [0.05, 0.1) is 36.0 Å². The molecule has 132 valence electrons. The first-order chi connectivity index (χ1) is 12.9. The average Bonchev–Trinajstić information content (AvgIpc) is 3.23. The second-order valence-corrected chi connectivity index (χ2v) is 6.98. The third kappa shape index (κ3) is 4.27. The van der Waals surface area contributed by atoms with E-state index in [1.807, 2.05) is 36.4 Å². The summed E-state index contributed by atoms with van der Waals surface area (Å²) >= 11 is 1.77. The Labute approximate surface area is 156 Å². The Morgan fingerprint density at radius 3 is 2.00 bits per heavy atom. The molecule has 1 saturated heterocycles. The first-order valence-electron chi connectivity index (χ1n) is 8.59. The van der Waals surface area contributed by atoms with E-state index in [9.17, 15) is 0 Å². The number of pyridine rings is 3. The molecule has 0 aliphatic carbocycles. The molecule has 4 heterocycles. The minimum Gasteiger partial charge on any atom is -0.350 e. The van der Waals surface area contributed by atoms with Crippen molar-refractivity contribution >= 4 is 11.8 Å². The van der Waals surface area contributed by atoms with E-state index in [2.05, 4.69) is 22.1 Å². The van der Waals surface area contributed by atoms with E-state index in [0.29, 0.717) is 13.2 Å². The molecule has 3 aromatic rings. The standard InChI is InChI=1S/C20H19N3O2S/c1-3-8-21-16(5-1)18-13-15(26-12-7-20-24-10-11-25-20)14-19(23-18)17-6-2-4-9-22-17/h1-6,8-9,13-14,20H,7,10-12H2. The third-order valence-electron chi connectivity index (χ3n) is 3.97. The van der Waals surface area contributed by atoms with Crippen LogP contribution in [-0.4, -0.2) is 40.2 Å². The predicted molar refractivity (Wildman–Crippen MR) is 102 cm³/mol. The van der Waals surface area contributed by atoms with Crippen molar-refractivity contribution < 1.29 is 9.47 Å². The van der Waals surface area contributed by atoms with Gasteiger partial charge < -0.3 is 9.47 Å². The van der Waals surface area contributed by atoms with Crippen molar-refractivity contribution in [2.24, 2.45) is 0 Å². The summed E-state index contributed by atoms with van der Waals surface area (Å²) in [5.74, 6) is 0.915. The Balaban J connectivity index is 1.59. The molecule has 26 heavy (non-hydrogen) atoms. The van der Waals surface area contributed by atoms with Crippen LogP contribution in [0.4, 0.5) is 0 Å². The van der Waals surface area contributed by atoms with Crippen LogP contribution in [0.15, 0.2) is 65.8 Å². The highest BCUT2D eigenvalue weighted by molar-refractivity contribution is 7.99. The summed E-state index contributed by atoms with van der Waals surface area (Å²) in [4.78, 5) is 14.8. The van der Waals surface area contributed by atoms with Crippen molar-refractivity contribution in [3.63, 3.8) is 0 Å². The summed E-state index contributed by atoms with van der Waals surface area (Å²) in [5.41, 5.74) is 3.42. The van der Waals surface area contributed by atoms with Crippen LogP contribution < -0.4 is 0 Å². The maximum absolute atomic E-state index is 5.51. The van der Waals surface area contributed by atoms with E-state index in [1.165, 1.54) is 0 Å². The molecule has 1 fully saturated rings. The highest BCUT2D eigenvalue weighted by Gasteiger charge is 2.16. The maximum atomic E-state index is 5.51. The van der Waals surface area contributed by atoms with Gasteiger partial charge in [0.2, 0.25) is 0 Å². The zero-order chi connectivity index (χ0) is 17.6. The molecule has 1 aliphatic rings. The summed E-state index contributed by atoms with van der Waals surface area (Å²) in [7, 11) is 0. The average molecular weight is 365 g/mol. The number of rotatable bonds is 6. The molecule has 6 heteroatoms. The molecule has 0 N–H and O–H groups in total. The number of nitrogens with zero attached hydrogens (tertiary/aromatic N) is 3. The van der Waals surface area contributed by atoms with Gasteiger partial charge in [-0.15, -0.1) is 11.8 Å². The first kappa shape index (κ1) is 17.1. The minimum absolute atomic E-state index is 0.0742. The molecule has 0 bridgehead atoms. The fourth-order valence-corrected chi connectivity index (χ4v) is 3.66. The lowest BCUT2D eigenvalue weighted by Gasteiger charge is -2.10. The highest BCUT2D eigenvalue weighted by Crippen LogP contribution is 2.29. The molecule has 0 radical (unpaired) electrons. The second kappa shape index (κ2) is 8.40. The van der Waals surface area contributed by atoms with Gasteiger partial charge in [-0.3, -0.25) is 9.97 Å². The van der Waals surface area contributed by atoms with E-state index in [0.717, 1.165) is 39.8 Å².